The maximum atomic E-state index is 12.8. The van der Waals surface area contributed by atoms with Gasteiger partial charge in [0.25, 0.3) is 0 Å². The predicted molar refractivity (Wildman–Crippen MR) is 261 cm³/mol. The standard InChI is InChI=1S/C55H106O6/c1-6-7-8-9-10-11-12-14-20-25-30-35-40-45-53(56)59-48-52(61-55(58)47-42-37-32-27-22-17-19-24-29-34-39-44-51(4)5)49-60-54(57)46-41-36-31-26-21-16-13-15-18-23-28-33-38-43-50(2)3/h50-52H,6-49H2,1-5H3/t52-/m1/s1. The first-order valence-electron chi connectivity index (χ1n) is 27.2. The van der Waals surface area contributed by atoms with Crippen molar-refractivity contribution in [2.75, 3.05) is 13.2 Å². The summed E-state index contributed by atoms with van der Waals surface area (Å²) in [6.45, 7) is 11.4. The van der Waals surface area contributed by atoms with Crippen LogP contribution in [0.15, 0.2) is 0 Å². The Balaban J connectivity index is 4.31. The highest BCUT2D eigenvalue weighted by molar-refractivity contribution is 5.71. The molecular weight excluding hydrogens is 757 g/mol. The predicted octanol–water partition coefficient (Wildman–Crippen LogP) is 17.7. The molecule has 6 heteroatoms. The maximum Gasteiger partial charge on any atom is 0.306 e. The van der Waals surface area contributed by atoms with E-state index in [2.05, 4.69) is 34.6 Å². The fourth-order valence-electron chi connectivity index (χ4n) is 8.34. The molecule has 0 radical (unpaired) electrons. The van der Waals surface area contributed by atoms with Gasteiger partial charge in [-0.25, -0.2) is 0 Å². The normalized spacial score (nSPS) is 12.0. The lowest BCUT2D eigenvalue weighted by Crippen LogP contribution is -2.30. The Morgan fingerprint density at radius 3 is 0.803 bits per heavy atom. The van der Waals surface area contributed by atoms with Crippen molar-refractivity contribution in [2.45, 2.75) is 310 Å². The third kappa shape index (κ3) is 49.3. The van der Waals surface area contributed by atoms with Crippen LogP contribution in [0, 0.1) is 11.8 Å². The van der Waals surface area contributed by atoms with Gasteiger partial charge in [0.15, 0.2) is 6.10 Å². The van der Waals surface area contributed by atoms with E-state index in [9.17, 15) is 14.4 Å². The van der Waals surface area contributed by atoms with Crippen molar-refractivity contribution in [1.29, 1.82) is 0 Å². The number of carbonyl (C=O) groups is 3. The highest BCUT2D eigenvalue weighted by Crippen LogP contribution is 2.18. The molecule has 6 nitrogen and oxygen atoms in total. The van der Waals surface area contributed by atoms with Crippen LogP contribution >= 0.6 is 0 Å². The van der Waals surface area contributed by atoms with E-state index in [0.717, 1.165) is 69.6 Å². The first-order chi connectivity index (χ1) is 29.7. The van der Waals surface area contributed by atoms with Crippen molar-refractivity contribution in [3.8, 4) is 0 Å². The van der Waals surface area contributed by atoms with Crippen LogP contribution in [0.4, 0.5) is 0 Å². The first-order valence-corrected chi connectivity index (χ1v) is 27.2. The number of carbonyl (C=O) groups excluding carboxylic acids is 3. The van der Waals surface area contributed by atoms with Crippen molar-refractivity contribution >= 4 is 17.9 Å². The monoisotopic (exact) mass is 863 g/mol. The van der Waals surface area contributed by atoms with E-state index in [0.29, 0.717) is 19.3 Å². The molecule has 0 aliphatic heterocycles. The summed E-state index contributed by atoms with van der Waals surface area (Å²) in [7, 11) is 0. The minimum Gasteiger partial charge on any atom is -0.462 e. The number of unbranched alkanes of at least 4 members (excludes halogenated alkanes) is 34. The molecule has 362 valence electrons. The minimum absolute atomic E-state index is 0.0632. The van der Waals surface area contributed by atoms with Gasteiger partial charge in [0.1, 0.15) is 13.2 Å². The Morgan fingerprint density at radius 2 is 0.541 bits per heavy atom. The van der Waals surface area contributed by atoms with Crippen molar-refractivity contribution in [3.05, 3.63) is 0 Å². The van der Waals surface area contributed by atoms with E-state index in [4.69, 9.17) is 14.2 Å². The van der Waals surface area contributed by atoms with Crippen LogP contribution in [0.25, 0.3) is 0 Å². The summed E-state index contributed by atoms with van der Waals surface area (Å²) >= 11 is 0. The van der Waals surface area contributed by atoms with Crippen LogP contribution < -0.4 is 0 Å². The second-order valence-electron chi connectivity index (χ2n) is 19.8. The molecule has 0 heterocycles. The minimum atomic E-state index is -0.762. The van der Waals surface area contributed by atoms with Crippen molar-refractivity contribution in [1.82, 2.24) is 0 Å². The number of hydrogen-bond donors (Lipinski definition) is 0. The molecule has 0 aliphatic carbocycles. The average molecular weight is 863 g/mol. The lowest BCUT2D eigenvalue weighted by molar-refractivity contribution is -0.167. The Kier molecular flexibility index (Phi) is 46.6. The molecule has 0 aromatic heterocycles. The van der Waals surface area contributed by atoms with Crippen LogP contribution in [0.1, 0.15) is 304 Å². The third-order valence-electron chi connectivity index (χ3n) is 12.5. The van der Waals surface area contributed by atoms with Gasteiger partial charge in [0, 0.05) is 19.3 Å². The number of hydrogen-bond acceptors (Lipinski definition) is 6. The van der Waals surface area contributed by atoms with E-state index in [1.54, 1.807) is 0 Å². The van der Waals surface area contributed by atoms with Gasteiger partial charge < -0.3 is 14.2 Å². The SMILES string of the molecule is CCCCCCCCCCCCCCCC(=O)OC[C@H](COC(=O)CCCCCCCCCCCCCCCC(C)C)OC(=O)CCCCCCCCCCCCCC(C)C. The van der Waals surface area contributed by atoms with Crippen molar-refractivity contribution in [3.63, 3.8) is 0 Å². The lowest BCUT2D eigenvalue weighted by atomic mass is 10.0. The van der Waals surface area contributed by atoms with Crippen LogP contribution in [-0.4, -0.2) is 37.2 Å². The van der Waals surface area contributed by atoms with Gasteiger partial charge in [-0.3, -0.25) is 14.4 Å². The summed E-state index contributed by atoms with van der Waals surface area (Å²) in [6.07, 6.45) is 49.4. The topological polar surface area (TPSA) is 78.9 Å². The zero-order valence-electron chi connectivity index (χ0n) is 41.8. The highest BCUT2D eigenvalue weighted by atomic mass is 16.6. The van der Waals surface area contributed by atoms with E-state index >= 15 is 0 Å². The van der Waals surface area contributed by atoms with Crippen molar-refractivity contribution < 1.29 is 28.6 Å². The molecule has 0 amide bonds. The average Bonchev–Trinajstić information content (AvgIpc) is 3.23. The van der Waals surface area contributed by atoms with Gasteiger partial charge in [-0.1, -0.05) is 266 Å². The number of esters is 3. The Morgan fingerprint density at radius 1 is 0.311 bits per heavy atom. The van der Waals surface area contributed by atoms with Gasteiger partial charge in [0.2, 0.25) is 0 Å². The Bertz CT molecular complexity index is 931. The molecule has 1 atom stereocenters. The van der Waals surface area contributed by atoms with E-state index in [1.165, 1.54) is 193 Å². The van der Waals surface area contributed by atoms with Gasteiger partial charge >= 0.3 is 17.9 Å². The molecule has 0 unspecified atom stereocenters. The summed E-state index contributed by atoms with van der Waals surface area (Å²) in [5, 5.41) is 0. The maximum absolute atomic E-state index is 12.8. The summed E-state index contributed by atoms with van der Waals surface area (Å²) in [5.41, 5.74) is 0. The fraction of sp³-hybridized carbons (Fsp3) is 0.945. The summed E-state index contributed by atoms with van der Waals surface area (Å²) in [6, 6.07) is 0. The quantitative estimate of drug-likeness (QED) is 0.0344. The third-order valence-corrected chi connectivity index (χ3v) is 12.5. The lowest BCUT2D eigenvalue weighted by Gasteiger charge is -2.18. The number of rotatable bonds is 49. The zero-order valence-corrected chi connectivity index (χ0v) is 41.8. The zero-order chi connectivity index (χ0) is 44.7. The molecule has 0 aliphatic rings. The number of ether oxygens (including phenoxy) is 3. The van der Waals surface area contributed by atoms with Crippen LogP contribution in [-0.2, 0) is 28.6 Å². The van der Waals surface area contributed by atoms with E-state index in [1.807, 2.05) is 0 Å². The van der Waals surface area contributed by atoms with Crippen molar-refractivity contribution in [2.24, 2.45) is 11.8 Å². The summed E-state index contributed by atoms with van der Waals surface area (Å²) in [4.78, 5) is 38.0. The van der Waals surface area contributed by atoms with E-state index in [-0.39, 0.29) is 31.1 Å². The fourth-order valence-corrected chi connectivity index (χ4v) is 8.34. The molecule has 0 spiro atoms. The Hall–Kier alpha value is -1.59. The smallest absolute Gasteiger partial charge is 0.306 e. The van der Waals surface area contributed by atoms with Gasteiger partial charge in [-0.15, -0.1) is 0 Å². The molecule has 0 rings (SSSR count). The van der Waals surface area contributed by atoms with Gasteiger partial charge in [0.05, 0.1) is 0 Å². The molecular formula is C55H106O6. The van der Waals surface area contributed by atoms with Crippen LogP contribution in [0.3, 0.4) is 0 Å². The molecule has 0 aromatic rings. The van der Waals surface area contributed by atoms with E-state index < -0.39 is 6.10 Å². The molecule has 0 fully saturated rings. The van der Waals surface area contributed by atoms with Crippen LogP contribution in [0.5, 0.6) is 0 Å². The van der Waals surface area contributed by atoms with Gasteiger partial charge in [-0.2, -0.15) is 0 Å². The Labute approximate surface area is 380 Å². The van der Waals surface area contributed by atoms with Crippen LogP contribution in [0.2, 0.25) is 0 Å². The molecule has 0 saturated heterocycles. The molecule has 0 N–H and O–H groups in total. The molecule has 0 aromatic carbocycles. The molecule has 0 bridgehead atoms. The first kappa shape index (κ1) is 59.4. The second-order valence-corrected chi connectivity index (χ2v) is 19.8. The molecule has 61 heavy (non-hydrogen) atoms. The summed E-state index contributed by atoms with van der Waals surface area (Å²) in [5.74, 6) is 0.821. The largest absolute Gasteiger partial charge is 0.462 e. The highest BCUT2D eigenvalue weighted by Gasteiger charge is 2.19. The summed E-state index contributed by atoms with van der Waals surface area (Å²) < 4.78 is 16.8. The molecule has 0 saturated carbocycles. The second kappa shape index (κ2) is 47.9. The van der Waals surface area contributed by atoms with Gasteiger partial charge in [-0.05, 0) is 31.1 Å².